The average Bonchev–Trinajstić information content (AvgIpc) is 2.64. The van der Waals surface area contributed by atoms with Crippen molar-refractivity contribution in [3.63, 3.8) is 0 Å². The molecule has 0 radical (unpaired) electrons. The van der Waals surface area contributed by atoms with Gasteiger partial charge in [-0.25, -0.2) is 0 Å². The van der Waals surface area contributed by atoms with E-state index in [0.29, 0.717) is 6.54 Å². The highest BCUT2D eigenvalue weighted by molar-refractivity contribution is 5.76. The Morgan fingerprint density at radius 3 is 2.81 bits per heavy atom. The Bertz CT molecular complexity index is 357. The molecule has 0 aliphatic rings. The predicted octanol–water partition coefficient (Wildman–Crippen LogP) is 0.647. The summed E-state index contributed by atoms with van der Waals surface area (Å²) in [6.45, 7) is 6.73. The number of nitrogens with two attached hydrogens (primary N) is 1. The molecule has 0 fully saturated rings. The Hall–Kier alpha value is -1.36. The number of carbonyl (C=O) groups is 1. The second-order valence-corrected chi connectivity index (χ2v) is 4.54. The maximum absolute atomic E-state index is 11.7. The van der Waals surface area contributed by atoms with Crippen molar-refractivity contribution in [2.24, 2.45) is 5.73 Å². The number of aromatic nitrogens is 2. The summed E-state index contributed by atoms with van der Waals surface area (Å²) in [4.78, 5) is 11.7. The van der Waals surface area contributed by atoms with Crippen molar-refractivity contribution < 1.29 is 4.79 Å². The topological polar surface area (TPSA) is 72.9 Å². The van der Waals surface area contributed by atoms with Crippen molar-refractivity contribution in [3.8, 4) is 0 Å². The molecule has 1 amide bonds. The number of rotatable bonds is 5. The summed E-state index contributed by atoms with van der Waals surface area (Å²) in [6, 6.07) is 0. The largest absolute Gasteiger partial charge is 0.350 e. The van der Waals surface area contributed by atoms with Gasteiger partial charge in [0, 0.05) is 23.8 Å². The van der Waals surface area contributed by atoms with Crippen molar-refractivity contribution in [1.82, 2.24) is 15.1 Å². The number of nitrogens with one attached hydrogen (secondary N) is 1. The Morgan fingerprint density at radius 2 is 2.31 bits per heavy atom. The van der Waals surface area contributed by atoms with Crippen LogP contribution in [0.2, 0.25) is 0 Å². The Morgan fingerprint density at radius 1 is 1.62 bits per heavy atom. The number of amides is 1. The van der Waals surface area contributed by atoms with E-state index in [1.54, 1.807) is 17.1 Å². The first-order valence-electron chi connectivity index (χ1n) is 5.49. The van der Waals surface area contributed by atoms with Gasteiger partial charge >= 0.3 is 0 Å². The lowest BCUT2D eigenvalue weighted by Gasteiger charge is -2.24. The number of hydrogen-bond acceptors (Lipinski definition) is 3. The lowest BCUT2D eigenvalue weighted by atomic mass is 10.0. The molecule has 1 rings (SSSR count). The van der Waals surface area contributed by atoms with Crippen LogP contribution >= 0.6 is 0 Å². The second-order valence-electron chi connectivity index (χ2n) is 4.54. The minimum absolute atomic E-state index is 0.0291. The van der Waals surface area contributed by atoms with E-state index in [1.165, 1.54) is 0 Å². The SMILES string of the molecule is CCC(C)(C)NC(=O)Cn1cc(CN)cn1. The summed E-state index contributed by atoms with van der Waals surface area (Å²) in [5, 5.41) is 7.01. The Labute approximate surface area is 96.0 Å². The van der Waals surface area contributed by atoms with Gasteiger partial charge in [-0.2, -0.15) is 5.10 Å². The van der Waals surface area contributed by atoms with Gasteiger partial charge in [0.15, 0.2) is 0 Å². The summed E-state index contributed by atoms with van der Waals surface area (Å²) >= 11 is 0. The van der Waals surface area contributed by atoms with Crippen LogP contribution in [-0.2, 0) is 17.9 Å². The van der Waals surface area contributed by atoms with Crippen LogP contribution in [-0.4, -0.2) is 21.2 Å². The van der Waals surface area contributed by atoms with Crippen molar-refractivity contribution >= 4 is 5.91 Å². The quantitative estimate of drug-likeness (QED) is 0.771. The first-order valence-corrected chi connectivity index (χ1v) is 5.49. The van der Waals surface area contributed by atoms with Crippen molar-refractivity contribution in [1.29, 1.82) is 0 Å². The number of nitrogens with zero attached hydrogens (tertiary/aromatic N) is 2. The van der Waals surface area contributed by atoms with Gasteiger partial charge in [0.25, 0.3) is 0 Å². The van der Waals surface area contributed by atoms with Crippen LogP contribution in [0.1, 0.15) is 32.8 Å². The van der Waals surface area contributed by atoms with Gasteiger partial charge in [-0.05, 0) is 20.3 Å². The minimum atomic E-state index is -0.166. The Balaban J connectivity index is 2.51. The molecule has 0 atom stereocenters. The van der Waals surface area contributed by atoms with Gasteiger partial charge in [0.05, 0.1) is 6.20 Å². The molecule has 0 saturated carbocycles. The third kappa shape index (κ3) is 3.66. The normalized spacial score (nSPS) is 11.5. The maximum atomic E-state index is 11.7. The molecule has 16 heavy (non-hydrogen) atoms. The third-order valence-electron chi connectivity index (χ3n) is 2.59. The number of carbonyl (C=O) groups excluding carboxylic acids is 1. The van der Waals surface area contributed by atoms with E-state index in [0.717, 1.165) is 12.0 Å². The van der Waals surface area contributed by atoms with Gasteiger partial charge in [-0.1, -0.05) is 6.92 Å². The molecule has 0 aliphatic carbocycles. The molecule has 0 unspecified atom stereocenters. The van der Waals surface area contributed by atoms with E-state index in [4.69, 9.17) is 5.73 Å². The molecule has 5 nitrogen and oxygen atoms in total. The van der Waals surface area contributed by atoms with E-state index in [9.17, 15) is 4.79 Å². The van der Waals surface area contributed by atoms with Crippen LogP contribution < -0.4 is 11.1 Å². The molecule has 3 N–H and O–H groups in total. The molecule has 90 valence electrons. The molecule has 0 bridgehead atoms. The second kappa shape index (κ2) is 5.12. The molecular formula is C11H20N4O. The van der Waals surface area contributed by atoms with Crippen molar-refractivity contribution in [2.75, 3.05) is 0 Å². The lowest BCUT2D eigenvalue weighted by Crippen LogP contribution is -2.44. The summed E-state index contributed by atoms with van der Waals surface area (Å²) in [7, 11) is 0. The molecule has 1 heterocycles. The van der Waals surface area contributed by atoms with Gasteiger partial charge in [0.1, 0.15) is 6.54 Å². The van der Waals surface area contributed by atoms with Crippen LogP contribution in [0.4, 0.5) is 0 Å². The van der Waals surface area contributed by atoms with Crippen LogP contribution in [0.25, 0.3) is 0 Å². The Kier molecular flexibility index (Phi) is 4.06. The summed E-state index contributed by atoms with van der Waals surface area (Å²) in [5.41, 5.74) is 6.23. The molecule has 1 aromatic heterocycles. The van der Waals surface area contributed by atoms with Gasteiger partial charge in [-0.3, -0.25) is 9.48 Å². The summed E-state index contributed by atoms with van der Waals surface area (Å²) in [5.74, 6) is -0.0291. The predicted molar refractivity (Wildman–Crippen MR) is 62.6 cm³/mol. The van der Waals surface area contributed by atoms with Gasteiger partial charge in [0.2, 0.25) is 5.91 Å². The molecule has 0 saturated heterocycles. The average molecular weight is 224 g/mol. The van der Waals surface area contributed by atoms with E-state index in [-0.39, 0.29) is 18.0 Å². The van der Waals surface area contributed by atoms with Crippen molar-refractivity contribution in [3.05, 3.63) is 18.0 Å². The third-order valence-corrected chi connectivity index (χ3v) is 2.59. The van der Waals surface area contributed by atoms with E-state index in [1.807, 2.05) is 20.8 Å². The zero-order chi connectivity index (χ0) is 12.2. The highest BCUT2D eigenvalue weighted by Gasteiger charge is 2.17. The van der Waals surface area contributed by atoms with Crippen molar-refractivity contribution in [2.45, 2.75) is 45.8 Å². The smallest absolute Gasteiger partial charge is 0.242 e. The van der Waals surface area contributed by atoms with Gasteiger partial charge in [-0.15, -0.1) is 0 Å². The fourth-order valence-electron chi connectivity index (χ4n) is 1.25. The maximum Gasteiger partial charge on any atom is 0.242 e. The number of hydrogen-bond donors (Lipinski definition) is 2. The minimum Gasteiger partial charge on any atom is -0.350 e. The van der Waals surface area contributed by atoms with E-state index >= 15 is 0 Å². The fourth-order valence-corrected chi connectivity index (χ4v) is 1.25. The van der Waals surface area contributed by atoms with Crippen LogP contribution in [0, 0.1) is 0 Å². The summed E-state index contributed by atoms with van der Waals surface area (Å²) < 4.78 is 1.60. The standard InChI is InChI=1S/C11H20N4O/c1-4-11(2,3)14-10(16)8-15-7-9(5-12)6-13-15/h6-7H,4-5,8,12H2,1-3H3,(H,14,16). The van der Waals surface area contributed by atoms with Crippen LogP contribution in [0.5, 0.6) is 0 Å². The van der Waals surface area contributed by atoms with E-state index < -0.39 is 0 Å². The molecule has 0 spiro atoms. The summed E-state index contributed by atoms with van der Waals surface area (Å²) in [6.07, 6.45) is 4.36. The first kappa shape index (κ1) is 12.7. The molecule has 0 aromatic carbocycles. The highest BCUT2D eigenvalue weighted by Crippen LogP contribution is 2.06. The van der Waals surface area contributed by atoms with E-state index in [2.05, 4.69) is 10.4 Å². The van der Waals surface area contributed by atoms with Crippen LogP contribution in [0.15, 0.2) is 12.4 Å². The zero-order valence-corrected chi connectivity index (χ0v) is 10.2. The molecule has 5 heteroatoms. The lowest BCUT2D eigenvalue weighted by molar-refractivity contribution is -0.123. The molecular weight excluding hydrogens is 204 g/mol. The van der Waals surface area contributed by atoms with Crippen LogP contribution in [0.3, 0.4) is 0 Å². The first-order chi connectivity index (χ1) is 7.46. The fraction of sp³-hybridized carbons (Fsp3) is 0.636. The zero-order valence-electron chi connectivity index (χ0n) is 10.2. The van der Waals surface area contributed by atoms with Gasteiger partial charge < -0.3 is 11.1 Å². The molecule has 0 aliphatic heterocycles. The molecule has 1 aromatic rings. The monoisotopic (exact) mass is 224 g/mol. The highest BCUT2D eigenvalue weighted by atomic mass is 16.2.